The predicted molar refractivity (Wildman–Crippen MR) is 84.3 cm³/mol. The lowest BCUT2D eigenvalue weighted by atomic mass is 9.83. The highest BCUT2D eigenvalue weighted by Crippen LogP contribution is 2.37. The van der Waals surface area contributed by atoms with E-state index in [1.165, 1.54) is 7.11 Å². The van der Waals surface area contributed by atoms with Crippen LogP contribution >= 0.6 is 15.9 Å². The summed E-state index contributed by atoms with van der Waals surface area (Å²) in [6, 6.07) is 3.32. The van der Waals surface area contributed by atoms with Gasteiger partial charge in [-0.2, -0.15) is 0 Å². The quantitative estimate of drug-likeness (QED) is 0.795. The summed E-state index contributed by atoms with van der Waals surface area (Å²) in [5.74, 6) is 0.0901. The fraction of sp³-hybridized carbons (Fsp3) is 0.600. The van der Waals surface area contributed by atoms with E-state index in [4.69, 9.17) is 4.74 Å². The number of rotatable bonds is 5. The van der Waals surface area contributed by atoms with Crippen LogP contribution in [0, 0.1) is 5.92 Å². The molecular weight excluding hydrogens is 336 g/mol. The van der Waals surface area contributed by atoms with Crippen LogP contribution in [0.4, 0.5) is 5.69 Å². The molecule has 1 amide bonds. The summed E-state index contributed by atoms with van der Waals surface area (Å²) in [4.78, 5) is 16.6. The van der Waals surface area contributed by atoms with Crippen molar-refractivity contribution in [3.8, 4) is 5.88 Å². The third-order valence-electron chi connectivity index (χ3n) is 4.20. The highest BCUT2D eigenvalue weighted by atomic mass is 79.9. The molecule has 1 atom stereocenters. The molecule has 1 aromatic rings. The Hall–Kier alpha value is -1.14. The number of halogens is 1. The van der Waals surface area contributed by atoms with Crippen LogP contribution in [-0.4, -0.2) is 28.7 Å². The first kappa shape index (κ1) is 16.2. The van der Waals surface area contributed by atoms with Crippen LogP contribution in [-0.2, 0) is 4.79 Å². The zero-order chi connectivity index (χ0) is 15.5. The van der Waals surface area contributed by atoms with E-state index in [1.54, 1.807) is 12.1 Å². The summed E-state index contributed by atoms with van der Waals surface area (Å²) in [7, 11) is 1.52. The Balaban J connectivity index is 2.17. The molecule has 2 N–H and O–H groups in total. The van der Waals surface area contributed by atoms with E-state index in [0.29, 0.717) is 22.6 Å². The monoisotopic (exact) mass is 356 g/mol. The standard InChI is InChI=1S/C15H21BrN2O3/c1-3-15(20,10-6-4-5-7-10)14(19)17-11-8-12(16)18-13(9-11)21-2/h8-10,20H,3-7H2,1-2H3,(H,17,18,19). The van der Waals surface area contributed by atoms with Crippen LogP contribution in [0.3, 0.4) is 0 Å². The van der Waals surface area contributed by atoms with E-state index in [0.717, 1.165) is 25.7 Å². The Kier molecular flexibility index (Phi) is 5.22. The van der Waals surface area contributed by atoms with Gasteiger partial charge in [-0.3, -0.25) is 4.79 Å². The van der Waals surface area contributed by atoms with Crippen molar-refractivity contribution in [1.82, 2.24) is 4.98 Å². The number of anilines is 1. The molecule has 116 valence electrons. The summed E-state index contributed by atoms with van der Waals surface area (Å²) in [6.07, 6.45) is 4.37. The van der Waals surface area contributed by atoms with Gasteiger partial charge >= 0.3 is 0 Å². The second-order valence-corrected chi connectivity index (χ2v) is 6.25. The molecule has 0 aliphatic heterocycles. The number of methoxy groups -OCH3 is 1. The molecule has 0 spiro atoms. The molecule has 0 bridgehead atoms. The highest BCUT2D eigenvalue weighted by Gasteiger charge is 2.43. The van der Waals surface area contributed by atoms with Crippen molar-refractivity contribution in [3.05, 3.63) is 16.7 Å². The third kappa shape index (κ3) is 3.55. The molecule has 6 heteroatoms. The molecule has 0 saturated heterocycles. The van der Waals surface area contributed by atoms with E-state index in [2.05, 4.69) is 26.2 Å². The molecule has 1 aromatic heterocycles. The predicted octanol–water partition coefficient (Wildman–Crippen LogP) is 3.12. The fourth-order valence-corrected chi connectivity index (χ4v) is 3.35. The Morgan fingerprint density at radius 3 is 2.76 bits per heavy atom. The zero-order valence-corrected chi connectivity index (χ0v) is 13.9. The van der Waals surface area contributed by atoms with Gasteiger partial charge in [0.05, 0.1) is 7.11 Å². The lowest BCUT2D eigenvalue weighted by Gasteiger charge is -2.31. The normalized spacial score (nSPS) is 18.3. The third-order valence-corrected chi connectivity index (χ3v) is 4.61. The van der Waals surface area contributed by atoms with Gasteiger partial charge in [0.25, 0.3) is 5.91 Å². The van der Waals surface area contributed by atoms with Crippen LogP contribution in [0.2, 0.25) is 0 Å². The van der Waals surface area contributed by atoms with Gasteiger partial charge in [0.1, 0.15) is 10.2 Å². The van der Waals surface area contributed by atoms with E-state index < -0.39 is 5.60 Å². The maximum Gasteiger partial charge on any atom is 0.256 e. The first-order valence-electron chi connectivity index (χ1n) is 7.25. The van der Waals surface area contributed by atoms with Crippen LogP contribution < -0.4 is 10.1 Å². The minimum atomic E-state index is -1.31. The Morgan fingerprint density at radius 2 is 2.19 bits per heavy atom. The van der Waals surface area contributed by atoms with Crippen molar-refractivity contribution in [1.29, 1.82) is 0 Å². The van der Waals surface area contributed by atoms with Crippen molar-refractivity contribution in [2.45, 2.75) is 44.6 Å². The van der Waals surface area contributed by atoms with Gasteiger partial charge in [-0.25, -0.2) is 4.98 Å². The Labute approximate surface area is 133 Å². The average molecular weight is 357 g/mol. The topological polar surface area (TPSA) is 71.5 Å². The number of hydrogen-bond acceptors (Lipinski definition) is 4. The number of carbonyl (C=O) groups excluding carboxylic acids is 1. The number of nitrogens with one attached hydrogen (secondary N) is 1. The lowest BCUT2D eigenvalue weighted by molar-refractivity contribution is -0.140. The number of aliphatic hydroxyl groups is 1. The maximum atomic E-state index is 12.5. The maximum absolute atomic E-state index is 12.5. The number of ether oxygens (including phenoxy) is 1. The van der Waals surface area contributed by atoms with Crippen LogP contribution in [0.1, 0.15) is 39.0 Å². The molecule has 1 unspecified atom stereocenters. The van der Waals surface area contributed by atoms with Crippen LogP contribution in [0.5, 0.6) is 5.88 Å². The second-order valence-electron chi connectivity index (χ2n) is 5.43. The molecule has 1 saturated carbocycles. The van der Waals surface area contributed by atoms with E-state index in [-0.39, 0.29) is 11.8 Å². The first-order valence-corrected chi connectivity index (χ1v) is 8.04. The van der Waals surface area contributed by atoms with Crippen molar-refractivity contribution in [3.63, 3.8) is 0 Å². The smallest absolute Gasteiger partial charge is 0.256 e. The highest BCUT2D eigenvalue weighted by molar-refractivity contribution is 9.10. The Morgan fingerprint density at radius 1 is 1.52 bits per heavy atom. The summed E-state index contributed by atoms with van der Waals surface area (Å²) < 4.78 is 5.64. The summed E-state index contributed by atoms with van der Waals surface area (Å²) in [5.41, 5.74) is -0.747. The van der Waals surface area contributed by atoms with Gasteiger partial charge in [0.15, 0.2) is 0 Å². The summed E-state index contributed by atoms with van der Waals surface area (Å²) >= 11 is 3.27. The zero-order valence-electron chi connectivity index (χ0n) is 12.4. The molecule has 2 rings (SSSR count). The average Bonchev–Trinajstić information content (AvgIpc) is 3.00. The van der Waals surface area contributed by atoms with Crippen molar-refractivity contribution in [2.75, 3.05) is 12.4 Å². The van der Waals surface area contributed by atoms with Crippen LogP contribution in [0.15, 0.2) is 16.7 Å². The first-order chi connectivity index (χ1) is 9.99. The van der Waals surface area contributed by atoms with E-state index in [9.17, 15) is 9.90 Å². The van der Waals surface area contributed by atoms with E-state index in [1.807, 2.05) is 6.92 Å². The number of nitrogens with zero attached hydrogens (tertiary/aromatic N) is 1. The molecule has 0 aromatic carbocycles. The molecule has 5 nitrogen and oxygen atoms in total. The molecule has 1 aliphatic rings. The molecule has 21 heavy (non-hydrogen) atoms. The minimum Gasteiger partial charge on any atom is -0.481 e. The van der Waals surface area contributed by atoms with Crippen molar-refractivity contribution < 1.29 is 14.6 Å². The number of carbonyl (C=O) groups is 1. The fourth-order valence-electron chi connectivity index (χ4n) is 2.93. The van der Waals surface area contributed by atoms with Gasteiger partial charge < -0.3 is 15.2 Å². The van der Waals surface area contributed by atoms with Gasteiger partial charge in [0.2, 0.25) is 5.88 Å². The molecule has 1 fully saturated rings. The van der Waals surface area contributed by atoms with Gasteiger partial charge in [-0.05, 0) is 47.2 Å². The minimum absolute atomic E-state index is 0.0367. The summed E-state index contributed by atoms with van der Waals surface area (Å²) in [5, 5.41) is 13.6. The molecule has 1 heterocycles. The lowest BCUT2D eigenvalue weighted by Crippen LogP contribution is -2.48. The van der Waals surface area contributed by atoms with Crippen molar-refractivity contribution in [2.24, 2.45) is 5.92 Å². The number of amides is 1. The molecular formula is C15H21BrN2O3. The summed E-state index contributed by atoms with van der Waals surface area (Å²) in [6.45, 7) is 1.85. The van der Waals surface area contributed by atoms with Gasteiger partial charge in [-0.15, -0.1) is 0 Å². The Bertz CT molecular complexity index is 518. The number of aromatic nitrogens is 1. The van der Waals surface area contributed by atoms with Crippen LogP contribution in [0.25, 0.3) is 0 Å². The SMILES string of the molecule is CCC(O)(C(=O)Nc1cc(Br)nc(OC)c1)C1CCCC1. The van der Waals surface area contributed by atoms with E-state index >= 15 is 0 Å². The number of pyridine rings is 1. The van der Waals surface area contributed by atoms with Gasteiger partial charge in [0, 0.05) is 11.8 Å². The van der Waals surface area contributed by atoms with Crippen molar-refractivity contribution >= 4 is 27.5 Å². The largest absolute Gasteiger partial charge is 0.481 e. The number of hydrogen-bond donors (Lipinski definition) is 2. The van der Waals surface area contributed by atoms with Gasteiger partial charge in [-0.1, -0.05) is 19.8 Å². The molecule has 1 aliphatic carbocycles. The second kappa shape index (κ2) is 6.75. The molecule has 0 radical (unpaired) electrons.